The van der Waals surface area contributed by atoms with E-state index in [1.165, 1.54) is 44.9 Å². The average molecular weight is 197 g/mol. The maximum absolute atomic E-state index is 2.33. The summed E-state index contributed by atoms with van der Waals surface area (Å²) in [6.07, 6.45) is 10.1. The first-order chi connectivity index (χ1) is 6.35. The molecule has 0 fully saturated rings. The van der Waals surface area contributed by atoms with Crippen molar-refractivity contribution >= 4 is 15.2 Å². The third-order valence-corrected chi connectivity index (χ3v) is 4.72. The topological polar surface area (TPSA) is 0 Å². The monoisotopic (exact) mass is 197 g/mol. The molecule has 1 radical (unpaired) electrons. The Bertz CT molecular complexity index is 91.1. The van der Waals surface area contributed by atoms with Crippen LogP contribution in [-0.2, 0) is 0 Å². The van der Waals surface area contributed by atoms with Gasteiger partial charge in [0.25, 0.3) is 0 Å². The molecule has 0 amide bonds. The largest absolute Gasteiger partial charge is 0.205 e. The smallest absolute Gasteiger partial charge is 0.103 e. The Morgan fingerprint density at radius 1 is 0.846 bits per heavy atom. The molecule has 0 nitrogen and oxygen atoms in total. The summed E-state index contributed by atoms with van der Waals surface area (Å²) in [5.41, 5.74) is 0. The first-order valence-corrected chi connectivity index (χ1v) is 7.66. The highest BCUT2D eigenvalue weighted by Gasteiger charge is 2.08. The lowest BCUT2D eigenvalue weighted by Crippen LogP contribution is -2.03. The van der Waals surface area contributed by atoms with Crippen molar-refractivity contribution in [1.29, 1.82) is 0 Å². The Hall–Kier alpha value is 0.532. The summed E-state index contributed by atoms with van der Waals surface area (Å²) in [6, 6.07) is 0. The lowest BCUT2D eigenvalue weighted by atomic mass is 10.1. The van der Waals surface area contributed by atoms with Crippen molar-refractivity contribution in [3.05, 3.63) is 0 Å². The second-order valence-corrected chi connectivity index (χ2v) is 6.06. The first-order valence-electron chi connectivity index (χ1n) is 6.18. The van der Waals surface area contributed by atoms with E-state index in [-0.39, 0.29) is 0 Å². The molecule has 0 aromatic rings. The number of hydrogen-bond donors (Lipinski definition) is 0. The van der Waals surface area contributed by atoms with Gasteiger partial charge in [0.15, 0.2) is 0 Å². The predicted octanol–water partition coefficient (Wildman–Crippen LogP) is 4.69. The molecule has 1 unspecified atom stereocenters. The van der Waals surface area contributed by atoms with Crippen LogP contribution in [0.25, 0.3) is 0 Å². The third kappa shape index (κ3) is 8.85. The molecule has 77 valence electrons. The minimum atomic E-state index is 0.765. The van der Waals surface area contributed by atoms with Crippen molar-refractivity contribution in [2.45, 2.75) is 75.8 Å². The van der Waals surface area contributed by atoms with E-state index in [1.54, 1.807) is 5.28 Å². The minimum Gasteiger partial charge on any atom is -0.103 e. The Morgan fingerprint density at radius 3 is 2.08 bits per heavy atom. The van der Waals surface area contributed by atoms with Crippen molar-refractivity contribution in [1.82, 2.24) is 0 Å². The molecule has 0 saturated carbocycles. The predicted molar refractivity (Wildman–Crippen MR) is 63.7 cm³/mol. The van der Waals surface area contributed by atoms with Gasteiger partial charge in [-0.15, -0.1) is 5.28 Å². The van der Waals surface area contributed by atoms with Gasteiger partial charge in [0, 0.05) is 0 Å². The fourth-order valence-electron chi connectivity index (χ4n) is 1.77. The first kappa shape index (κ1) is 13.5. The van der Waals surface area contributed by atoms with E-state index in [2.05, 4.69) is 20.8 Å². The van der Waals surface area contributed by atoms with E-state index < -0.39 is 0 Å². The maximum Gasteiger partial charge on any atom is 0.205 e. The zero-order chi connectivity index (χ0) is 9.94. The van der Waals surface area contributed by atoms with Crippen LogP contribution in [-0.4, -0.2) is 15.2 Å². The average Bonchev–Trinajstić information content (AvgIpc) is 2.14. The van der Waals surface area contributed by atoms with Crippen LogP contribution in [0.15, 0.2) is 0 Å². The molecule has 0 aromatic carbocycles. The van der Waals surface area contributed by atoms with Crippen molar-refractivity contribution in [2.75, 3.05) is 0 Å². The lowest BCUT2D eigenvalue weighted by molar-refractivity contribution is 0.615. The maximum atomic E-state index is 2.33. The Labute approximate surface area is 91.2 Å². The van der Waals surface area contributed by atoms with E-state index in [0.717, 1.165) is 20.0 Å². The Morgan fingerprint density at radius 2 is 1.54 bits per heavy atom. The quantitative estimate of drug-likeness (QED) is 0.371. The Kier molecular flexibility index (Phi) is 11.0. The van der Waals surface area contributed by atoms with Crippen molar-refractivity contribution < 1.29 is 0 Å². The fraction of sp³-hybridized carbons (Fsp3) is 1.00. The summed E-state index contributed by atoms with van der Waals surface area (Å²) in [4.78, 5) is 0. The number of rotatable bonds is 9. The van der Waals surface area contributed by atoms with Crippen LogP contribution in [0.3, 0.4) is 0 Å². The normalized spacial score (nSPS) is 12.8. The second kappa shape index (κ2) is 10.6. The van der Waals surface area contributed by atoms with E-state index in [1.807, 2.05) is 0 Å². The van der Waals surface area contributed by atoms with Gasteiger partial charge in [0.2, 0.25) is 15.2 Å². The summed E-state index contributed by atoms with van der Waals surface area (Å²) >= 11 is 0.765. The van der Waals surface area contributed by atoms with Crippen LogP contribution in [0.5, 0.6) is 0 Å². The van der Waals surface area contributed by atoms with E-state index in [0.29, 0.717) is 0 Å². The summed E-state index contributed by atoms with van der Waals surface area (Å²) in [5.74, 6) is 0. The van der Waals surface area contributed by atoms with Crippen LogP contribution in [0, 0.1) is 0 Å². The Balaban J connectivity index is 3.41. The highest BCUT2D eigenvalue weighted by molar-refractivity contribution is 6.37. The molecule has 0 saturated heterocycles. The highest BCUT2D eigenvalue weighted by Crippen LogP contribution is 2.21. The molecule has 13 heavy (non-hydrogen) atoms. The number of hydrogen-bond acceptors (Lipinski definition) is 0. The molecular weight excluding hydrogens is 171 g/mol. The summed E-state index contributed by atoms with van der Waals surface area (Å²) in [6.45, 7) is 6.95. The van der Waals surface area contributed by atoms with E-state index in [9.17, 15) is 0 Å². The number of unbranched alkanes of at least 4 members (excludes halogenated alkanes) is 2. The molecule has 0 bridgehead atoms. The fourth-order valence-corrected chi connectivity index (χ4v) is 3.93. The molecule has 0 spiro atoms. The van der Waals surface area contributed by atoms with E-state index >= 15 is 0 Å². The second-order valence-electron chi connectivity index (χ2n) is 4.07. The van der Waals surface area contributed by atoms with Gasteiger partial charge in [0.05, 0.1) is 0 Å². The molecule has 0 aromatic heterocycles. The lowest BCUT2D eigenvalue weighted by Gasteiger charge is -2.13. The van der Waals surface area contributed by atoms with Crippen LogP contribution < -0.4 is 0 Å². The molecule has 0 aliphatic carbocycles. The van der Waals surface area contributed by atoms with Gasteiger partial charge < -0.3 is 0 Å². The molecular formula is C12H26Al. The van der Waals surface area contributed by atoms with Crippen LogP contribution >= 0.6 is 0 Å². The van der Waals surface area contributed by atoms with E-state index in [4.69, 9.17) is 0 Å². The van der Waals surface area contributed by atoms with Gasteiger partial charge in [-0.1, -0.05) is 70.5 Å². The van der Waals surface area contributed by atoms with Gasteiger partial charge >= 0.3 is 0 Å². The third-order valence-electron chi connectivity index (χ3n) is 2.65. The molecule has 0 aliphatic rings. The molecule has 0 aliphatic heterocycles. The minimum absolute atomic E-state index is 0.765. The SMILES string of the molecule is CCC[CH2][Al][CH](CCC)CCCC. The zero-order valence-electron chi connectivity index (χ0n) is 9.81. The van der Waals surface area contributed by atoms with Crippen LogP contribution in [0.4, 0.5) is 0 Å². The highest BCUT2D eigenvalue weighted by atomic mass is 27.1. The summed E-state index contributed by atoms with van der Waals surface area (Å²) in [7, 11) is 0. The molecule has 1 heteroatoms. The van der Waals surface area contributed by atoms with Crippen molar-refractivity contribution in [3.63, 3.8) is 0 Å². The van der Waals surface area contributed by atoms with Gasteiger partial charge in [-0.3, -0.25) is 0 Å². The van der Waals surface area contributed by atoms with Gasteiger partial charge in [-0.25, -0.2) is 0 Å². The van der Waals surface area contributed by atoms with Crippen molar-refractivity contribution in [3.8, 4) is 0 Å². The molecule has 0 heterocycles. The van der Waals surface area contributed by atoms with Crippen LogP contribution in [0.1, 0.15) is 65.7 Å². The van der Waals surface area contributed by atoms with Crippen molar-refractivity contribution in [2.24, 2.45) is 0 Å². The van der Waals surface area contributed by atoms with Gasteiger partial charge in [-0.2, -0.15) is 0 Å². The standard InChI is InChI=1S/C8H17.C4H9.Al/c1-3-5-7-8-6-4-2;1-3-4-2;/h7H,3-6,8H2,1-2H3;1,3-4H2,2H3;. The molecule has 0 rings (SSSR count). The molecule has 1 atom stereocenters. The molecule has 0 N–H and O–H groups in total. The van der Waals surface area contributed by atoms with Gasteiger partial charge in [-0.05, 0) is 0 Å². The summed E-state index contributed by atoms with van der Waals surface area (Å²) < 4.78 is 1.12. The van der Waals surface area contributed by atoms with Gasteiger partial charge in [0.1, 0.15) is 0 Å². The summed E-state index contributed by atoms with van der Waals surface area (Å²) in [5, 5.41) is 1.55. The zero-order valence-corrected chi connectivity index (χ0v) is 11.0. The van der Waals surface area contributed by atoms with Crippen LogP contribution in [0.2, 0.25) is 10.1 Å².